The standard InChI is InChI=1S/C11H14BrN/c1-8-6-13-7-11(8)9-2-4-10(12)5-3-9/h2-5,8,11,13H,6-7H2,1H3/t8-,11-/m0/s1. The summed E-state index contributed by atoms with van der Waals surface area (Å²) in [6.45, 7) is 4.59. The fourth-order valence-electron chi connectivity index (χ4n) is 1.97. The fraction of sp³-hybridized carbons (Fsp3) is 0.455. The van der Waals surface area contributed by atoms with Gasteiger partial charge in [-0.2, -0.15) is 0 Å². The van der Waals surface area contributed by atoms with Gasteiger partial charge in [-0.3, -0.25) is 0 Å². The van der Waals surface area contributed by atoms with Gasteiger partial charge in [-0.15, -0.1) is 0 Å². The molecule has 0 bridgehead atoms. The lowest BCUT2D eigenvalue weighted by Gasteiger charge is -2.14. The van der Waals surface area contributed by atoms with E-state index in [9.17, 15) is 0 Å². The highest BCUT2D eigenvalue weighted by molar-refractivity contribution is 9.10. The molecule has 0 spiro atoms. The van der Waals surface area contributed by atoms with Gasteiger partial charge >= 0.3 is 0 Å². The van der Waals surface area contributed by atoms with E-state index in [1.807, 2.05) is 0 Å². The molecule has 1 N–H and O–H groups in total. The molecule has 2 atom stereocenters. The molecule has 0 unspecified atom stereocenters. The first kappa shape index (κ1) is 9.22. The first-order chi connectivity index (χ1) is 6.27. The largest absolute Gasteiger partial charge is 0.316 e. The topological polar surface area (TPSA) is 12.0 Å². The maximum absolute atomic E-state index is 3.45. The third-order valence-corrected chi connectivity index (χ3v) is 3.34. The van der Waals surface area contributed by atoms with Crippen LogP contribution in [0.25, 0.3) is 0 Å². The summed E-state index contributed by atoms with van der Waals surface area (Å²) in [6.07, 6.45) is 0. The number of hydrogen-bond donors (Lipinski definition) is 1. The Bertz CT molecular complexity index is 281. The van der Waals surface area contributed by atoms with Gasteiger partial charge in [-0.25, -0.2) is 0 Å². The lowest BCUT2D eigenvalue weighted by molar-refractivity contribution is 0.572. The van der Waals surface area contributed by atoms with Crippen LogP contribution in [-0.2, 0) is 0 Å². The third-order valence-electron chi connectivity index (χ3n) is 2.82. The van der Waals surface area contributed by atoms with E-state index in [1.54, 1.807) is 0 Å². The summed E-state index contributed by atoms with van der Waals surface area (Å²) in [5.41, 5.74) is 1.46. The zero-order valence-corrected chi connectivity index (χ0v) is 9.34. The predicted molar refractivity (Wildman–Crippen MR) is 58.9 cm³/mol. The normalized spacial score (nSPS) is 27.8. The van der Waals surface area contributed by atoms with E-state index >= 15 is 0 Å². The molecule has 1 saturated heterocycles. The molecular weight excluding hydrogens is 226 g/mol. The SMILES string of the molecule is C[C@H]1CNC[C@@H]1c1ccc(Br)cc1. The Morgan fingerprint density at radius 1 is 1.23 bits per heavy atom. The Labute approximate surface area is 87.7 Å². The number of benzene rings is 1. The summed E-state index contributed by atoms with van der Waals surface area (Å²) in [6, 6.07) is 8.69. The zero-order chi connectivity index (χ0) is 9.26. The van der Waals surface area contributed by atoms with Crippen LogP contribution in [0.4, 0.5) is 0 Å². The van der Waals surface area contributed by atoms with Gasteiger partial charge in [0.25, 0.3) is 0 Å². The highest BCUT2D eigenvalue weighted by Crippen LogP contribution is 2.28. The number of hydrogen-bond acceptors (Lipinski definition) is 1. The first-order valence-corrected chi connectivity index (χ1v) is 5.53. The molecule has 0 radical (unpaired) electrons. The maximum Gasteiger partial charge on any atom is 0.0175 e. The Kier molecular flexibility index (Phi) is 2.70. The second-order valence-corrected chi connectivity index (χ2v) is 4.71. The van der Waals surface area contributed by atoms with Crippen LogP contribution in [0, 0.1) is 5.92 Å². The molecule has 1 heterocycles. The Morgan fingerprint density at radius 3 is 2.46 bits per heavy atom. The van der Waals surface area contributed by atoms with Crippen molar-refractivity contribution in [3.8, 4) is 0 Å². The van der Waals surface area contributed by atoms with Crippen molar-refractivity contribution in [1.82, 2.24) is 5.32 Å². The van der Waals surface area contributed by atoms with Gasteiger partial charge in [0.05, 0.1) is 0 Å². The molecular formula is C11H14BrN. The minimum atomic E-state index is 0.702. The lowest BCUT2D eigenvalue weighted by atomic mass is 9.90. The van der Waals surface area contributed by atoms with Crippen molar-refractivity contribution in [2.45, 2.75) is 12.8 Å². The van der Waals surface area contributed by atoms with Crippen LogP contribution in [0.5, 0.6) is 0 Å². The van der Waals surface area contributed by atoms with Crippen LogP contribution in [0.15, 0.2) is 28.7 Å². The predicted octanol–water partition coefficient (Wildman–Crippen LogP) is 2.77. The third kappa shape index (κ3) is 1.94. The maximum atomic E-state index is 3.45. The smallest absolute Gasteiger partial charge is 0.0175 e. The van der Waals surface area contributed by atoms with Crippen LogP contribution >= 0.6 is 15.9 Å². The van der Waals surface area contributed by atoms with Crippen LogP contribution in [0.1, 0.15) is 18.4 Å². The fourth-order valence-corrected chi connectivity index (χ4v) is 2.23. The molecule has 70 valence electrons. The second-order valence-electron chi connectivity index (χ2n) is 3.79. The van der Waals surface area contributed by atoms with Gasteiger partial charge in [0.2, 0.25) is 0 Å². The summed E-state index contributed by atoms with van der Waals surface area (Å²) < 4.78 is 1.16. The van der Waals surface area contributed by atoms with Gasteiger partial charge in [0.15, 0.2) is 0 Å². The highest BCUT2D eigenvalue weighted by Gasteiger charge is 2.23. The van der Waals surface area contributed by atoms with E-state index in [0.29, 0.717) is 5.92 Å². The summed E-state index contributed by atoms with van der Waals surface area (Å²) in [5, 5.41) is 3.42. The molecule has 1 aliphatic heterocycles. The van der Waals surface area contributed by atoms with E-state index in [-0.39, 0.29) is 0 Å². The van der Waals surface area contributed by atoms with Crippen LogP contribution in [0.3, 0.4) is 0 Å². The average molecular weight is 240 g/mol. The first-order valence-electron chi connectivity index (χ1n) is 4.73. The molecule has 0 amide bonds. The van der Waals surface area contributed by atoms with E-state index < -0.39 is 0 Å². The molecule has 2 heteroatoms. The molecule has 1 aromatic rings. The van der Waals surface area contributed by atoms with Gasteiger partial charge < -0.3 is 5.32 Å². The number of halogens is 1. The van der Waals surface area contributed by atoms with Crippen LogP contribution in [-0.4, -0.2) is 13.1 Å². The average Bonchev–Trinajstić information content (AvgIpc) is 2.53. The van der Waals surface area contributed by atoms with E-state index in [0.717, 1.165) is 23.5 Å². The molecule has 0 saturated carbocycles. The van der Waals surface area contributed by atoms with Gasteiger partial charge in [0, 0.05) is 16.9 Å². The van der Waals surface area contributed by atoms with Gasteiger partial charge in [0.1, 0.15) is 0 Å². The monoisotopic (exact) mass is 239 g/mol. The van der Waals surface area contributed by atoms with Crippen molar-refractivity contribution in [1.29, 1.82) is 0 Å². The molecule has 13 heavy (non-hydrogen) atoms. The lowest BCUT2D eigenvalue weighted by Crippen LogP contribution is -2.07. The van der Waals surface area contributed by atoms with Crippen molar-refractivity contribution in [3.63, 3.8) is 0 Å². The van der Waals surface area contributed by atoms with Crippen molar-refractivity contribution in [3.05, 3.63) is 34.3 Å². The van der Waals surface area contributed by atoms with Crippen molar-refractivity contribution >= 4 is 15.9 Å². The van der Waals surface area contributed by atoms with Gasteiger partial charge in [-0.1, -0.05) is 35.0 Å². The summed E-state index contributed by atoms with van der Waals surface area (Å²) in [4.78, 5) is 0. The van der Waals surface area contributed by atoms with E-state index in [2.05, 4.69) is 52.4 Å². The summed E-state index contributed by atoms with van der Waals surface area (Å²) in [5.74, 6) is 1.47. The van der Waals surface area contributed by atoms with Crippen molar-refractivity contribution in [2.75, 3.05) is 13.1 Å². The minimum absolute atomic E-state index is 0.702. The molecule has 1 nitrogen and oxygen atoms in total. The summed E-state index contributed by atoms with van der Waals surface area (Å²) in [7, 11) is 0. The van der Waals surface area contributed by atoms with Gasteiger partial charge in [-0.05, 0) is 30.2 Å². The molecule has 1 aliphatic rings. The van der Waals surface area contributed by atoms with Crippen molar-refractivity contribution < 1.29 is 0 Å². The molecule has 0 aromatic heterocycles. The Morgan fingerprint density at radius 2 is 1.92 bits per heavy atom. The highest BCUT2D eigenvalue weighted by atomic mass is 79.9. The van der Waals surface area contributed by atoms with Crippen molar-refractivity contribution in [2.24, 2.45) is 5.92 Å². The minimum Gasteiger partial charge on any atom is -0.316 e. The molecule has 1 aromatic carbocycles. The molecule has 1 fully saturated rings. The number of rotatable bonds is 1. The molecule has 0 aliphatic carbocycles. The van der Waals surface area contributed by atoms with Crippen LogP contribution < -0.4 is 5.32 Å². The Hall–Kier alpha value is -0.340. The summed E-state index contributed by atoms with van der Waals surface area (Å²) >= 11 is 3.45. The second kappa shape index (κ2) is 3.81. The zero-order valence-electron chi connectivity index (χ0n) is 7.76. The quantitative estimate of drug-likeness (QED) is 0.795. The van der Waals surface area contributed by atoms with E-state index in [1.165, 1.54) is 5.56 Å². The molecule has 2 rings (SSSR count). The van der Waals surface area contributed by atoms with Crippen LogP contribution in [0.2, 0.25) is 0 Å². The number of nitrogens with one attached hydrogen (secondary N) is 1. The van der Waals surface area contributed by atoms with E-state index in [4.69, 9.17) is 0 Å². The Balaban J connectivity index is 2.20.